The summed E-state index contributed by atoms with van der Waals surface area (Å²) in [5, 5.41) is 4.37. The number of hydrogen-bond acceptors (Lipinski definition) is 2. The third-order valence-corrected chi connectivity index (χ3v) is 5.55. The zero-order chi connectivity index (χ0) is 14.5. The second kappa shape index (κ2) is 7.78. The summed E-state index contributed by atoms with van der Waals surface area (Å²) in [6, 6.07) is 11.1. The minimum atomic E-state index is 0.480. The van der Waals surface area contributed by atoms with Gasteiger partial charge in [-0.1, -0.05) is 37.9 Å². The Morgan fingerprint density at radius 2 is 2.05 bits per heavy atom. The zero-order valence-electron chi connectivity index (χ0n) is 11.7. The maximum absolute atomic E-state index is 6.03. The number of benzene rings is 1. The molecule has 1 aromatic carbocycles. The van der Waals surface area contributed by atoms with Gasteiger partial charge in [-0.3, -0.25) is 0 Å². The van der Waals surface area contributed by atoms with E-state index >= 15 is 0 Å². The minimum Gasteiger partial charge on any atom is -0.310 e. The summed E-state index contributed by atoms with van der Waals surface area (Å²) in [5.74, 6) is 0. The van der Waals surface area contributed by atoms with Crippen LogP contribution >= 0.6 is 45.5 Å². The molecule has 20 heavy (non-hydrogen) atoms. The number of rotatable bonds is 6. The quantitative estimate of drug-likeness (QED) is 0.556. The lowest BCUT2D eigenvalue weighted by molar-refractivity contribution is 0.516. The molecule has 4 heteroatoms. The normalized spacial score (nSPS) is 12.6. The van der Waals surface area contributed by atoms with Gasteiger partial charge in [0.2, 0.25) is 0 Å². The van der Waals surface area contributed by atoms with Gasteiger partial charge in [0, 0.05) is 30.0 Å². The number of thiophene rings is 1. The summed E-state index contributed by atoms with van der Waals surface area (Å²) in [5.41, 5.74) is 1.28. The predicted octanol–water partition coefficient (Wildman–Crippen LogP) is 6.12. The van der Waals surface area contributed by atoms with Crippen molar-refractivity contribution in [2.45, 2.75) is 32.7 Å². The first-order valence-corrected chi connectivity index (χ1v) is 9.21. The fourth-order valence-corrected chi connectivity index (χ4v) is 4.76. The van der Waals surface area contributed by atoms with Crippen molar-refractivity contribution in [3.63, 3.8) is 0 Å². The molecule has 0 bridgehead atoms. The monoisotopic (exact) mass is 419 g/mol. The van der Waals surface area contributed by atoms with Crippen LogP contribution in [0.15, 0.2) is 30.3 Å². The van der Waals surface area contributed by atoms with Crippen LogP contribution in [0.25, 0.3) is 10.4 Å². The van der Waals surface area contributed by atoms with E-state index < -0.39 is 0 Å². The molecule has 0 saturated heterocycles. The van der Waals surface area contributed by atoms with Crippen molar-refractivity contribution in [3.8, 4) is 10.4 Å². The summed E-state index contributed by atoms with van der Waals surface area (Å²) in [4.78, 5) is 2.74. The third kappa shape index (κ3) is 3.97. The van der Waals surface area contributed by atoms with Gasteiger partial charge in [0.05, 0.1) is 0 Å². The zero-order valence-corrected chi connectivity index (χ0v) is 15.5. The van der Waals surface area contributed by atoms with Crippen molar-refractivity contribution < 1.29 is 0 Å². The van der Waals surface area contributed by atoms with Crippen molar-refractivity contribution in [2.75, 3.05) is 6.54 Å². The standard InChI is InChI=1S/C16H19ClINS/c1-3-5-14(19-4-2)16-9-8-15(20-16)12-7-6-11(17)10-13(12)18/h6-10,14,19H,3-5H2,1-2H3. The van der Waals surface area contributed by atoms with E-state index in [1.165, 1.54) is 31.7 Å². The Kier molecular flexibility index (Phi) is 6.33. The summed E-state index contributed by atoms with van der Waals surface area (Å²) < 4.78 is 1.21. The molecule has 0 aliphatic rings. The van der Waals surface area contributed by atoms with Crippen LogP contribution in [-0.4, -0.2) is 6.54 Å². The predicted molar refractivity (Wildman–Crippen MR) is 98.8 cm³/mol. The van der Waals surface area contributed by atoms with Gasteiger partial charge in [-0.2, -0.15) is 0 Å². The van der Waals surface area contributed by atoms with Gasteiger partial charge in [0.25, 0.3) is 0 Å². The number of halogens is 2. The van der Waals surface area contributed by atoms with Crippen LogP contribution in [0.3, 0.4) is 0 Å². The van der Waals surface area contributed by atoms with Gasteiger partial charge in [-0.25, -0.2) is 0 Å². The molecular formula is C16H19ClINS. The molecule has 1 unspecified atom stereocenters. The Labute approximate surface area is 143 Å². The first-order chi connectivity index (χ1) is 9.65. The second-order valence-corrected chi connectivity index (χ2v) is 7.44. The Morgan fingerprint density at radius 1 is 1.25 bits per heavy atom. The first-order valence-electron chi connectivity index (χ1n) is 6.94. The van der Waals surface area contributed by atoms with E-state index in [0.717, 1.165) is 11.6 Å². The molecule has 1 nitrogen and oxygen atoms in total. The number of nitrogens with one attached hydrogen (secondary N) is 1. The molecule has 0 aliphatic carbocycles. The summed E-state index contributed by atoms with van der Waals surface area (Å²) in [7, 11) is 0. The summed E-state index contributed by atoms with van der Waals surface area (Å²) in [6.45, 7) is 5.41. The van der Waals surface area contributed by atoms with E-state index in [2.05, 4.69) is 60.0 Å². The van der Waals surface area contributed by atoms with E-state index in [0.29, 0.717) is 6.04 Å². The SMILES string of the molecule is CCCC(NCC)c1ccc(-c2ccc(Cl)cc2I)s1. The van der Waals surface area contributed by atoms with Crippen molar-refractivity contribution in [3.05, 3.63) is 43.8 Å². The largest absolute Gasteiger partial charge is 0.310 e. The molecular weight excluding hydrogens is 401 g/mol. The second-order valence-electron chi connectivity index (χ2n) is 4.73. The number of hydrogen-bond donors (Lipinski definition) is 1. The van der Waals surface area contributed by atoms with Crippen LogP contribution < -0.4 is 5.32 Å². The molecule has 0 spiro atoms. The molecule has 2 rings (SSSR count). The van der Waals surface area contributed by atoms with E-state index in [1.54, 1.807) is 0 Å². The molecule has 0 saturated carbocycles. The Balaban J connectivity index is 2.27. The molecule has 0 fully saturated rings. The molecule has 1 heterocycles. The topological polar surface area (TPSA) is 12.0 Å². The van der Waals surface area contributed by atoms with Gasteiger partial charge in [0.1, 0.15) is 0 Å². The average Bonchev–Trinajstić information content (AvgIpc) is 2.88. The van der Waals surface area contributed by atoms with Gasteiger partial charge >= 0.3 is 0 Å². The van der Waals surface area contributed by atoms with Crippen molar-refractivity contribution in [2.24, 2.45) is 0 Å². The van der Waals surface area contributed by atoms with E-state index in [4.69, 9.17) is 11.6 Å². The Morgan fingerprint density at radius 3 is 2.70 bits per heavy atom. The smallest absolute Gasteiger partial charge is 0.0416 e. The van der Waals surface area contributed by atoms with Crippen molar-refractivity contribution >= 4 is 45.5 Å². The van der Waals surface area contributed by atoms with Gasteiger partial charge in [-0.15, -0.1) is 11.3 Å². The summed E-state index contributed by atoms with van der Waals surface area (Å²) in [6.07, 6.45) is 2.38. The van der Waals surface area contributed by atoms with Crippen molar-refractivity contribution in [1.82, 2.24) is 5.32 Å². The molecule has 1 atom stereocenters. The highest BCUT2D eigenvalue weighted by Crippen LogP contribution is 2.36. The molecule has 0 amide bonds. The van der Waals surface area contributed by atoms with Crippen LogP contribution in [0.1, 0.15) is 37.6 Å². The van der Waals surface area contributed by atoms with Crippen LogP contribution in [0.5, 0.6) is 0 Å². The molecule has 1 N–H and O–H groups in total. The maximum Gasteiger partial charge on any atom is 0.0416 e. The van der Waals surface area contributed by atoms with Crippen LogP contribution in [0.4, 0.5) is 0 Å². The van der Waals surface area contributed by atoms with Crippen LogP contribution in [-0.2, 0) is 0 Å². The highest BCUT2D eigenvalue weighted by molar-refractivity contribution is 14.1. The molecule has 0 aliphatic heterocycles. The molecule has 108 valence electrons. The lowest BCUT2D eigenvalue weighted by atomic mass is 10.1. The highest BCUT2D eigenvalue weighted by Gasteiger charge is 2.13. The maximum atomic E-state index is 6.03. The van der Waals surface area contributed by atoms with E-state index in [9.17, 15) is 0 Å². The molecule has 0 radical (unpaired) electrons. The van der Waals surface area contributed by atoms with Crippen LogP contribution in [0.2, 0.25) is 5.02 Å². The van der Waals surface area contributed by atoms with E-state index in [-0.39, 0.29) is 0 Å². The molecule has 1 aromatic heterocycles. The lowest BCUT2D eigenvalue weighted by Gasteiger charge is -2.15. The van der Waals surface area contributed by atoms with Gasteiger partial charge in [0.15, 0.2) is 0 Å². The molecule has 2 aromatic rings. The summed E-state index contributed by atoms with van der Waals surface area (Å²) >= 11 is 10.3. The fourth-order valence-electron chi connectivity index (χ4n) is 2.25. The van der Waals surface area contributed by atoms with Crippen molar-refractivity contribution in [1.29, 1.82) is 0 Å². The average molecular weight is 420 g/mol. The van der Waals surface area contributed by atoms with E-state index in [1.807, 2.05) is 23.5 Å². The minimum absolute atomic E-state index is 0.480. The Bertz CT molecular complexity index is 561. The van der Waals surface area contributed by atoms with Gasteiger partial charge in [-0.05, 0) is 59.8 Å². The lowest BCUT2D eigenvalue weighted by Crippen LogP contribution is -2.19. The third-order valence-electron chi connectivity index (χ3n) is 3.19. The van der Waals surface area contributed by atoms with Crippen LogP contribution in [0, 0.1) is 3.57 Å². The Hall–Kier alpha value is -0.100. The highest BCUT2D eigenvalue weighted by atomic mass is 127. The first kappa shape index (κ1) is 16.3. The van der Waals surface area contributed by atoms with Gasteiger partial charge < -0.3 is 5.32 Å². The fraction of sp³-hybridized carbons (Fsp3) is 0.375.